The van der Waals surface area contributed by atoms with E-state index in [-0.39, 0.29) is 6.61 Å². The Morgan fingerprint density at radius 1 is 1.32 bits per heavy atom. The molecule has 1 aliphatic heterocycles. The molecule has 2 unspecified atom stereocenters. The number of ether oxygens (including phenoxy) is 2. The van der Waals surface area contributed by atoms with E-state index in [1.165, 1.54) is 0 Å². The van der Waals surface area contributed by atoms with E-state index >= 15 is 0 Å². The van der Waals surface area contributed by atoms with Crippen LogP contribution in [0.25, 0.3) is 0 Å². The molecular weight excluding hydrogens is 342 g/mol. The van der Waals surface area contributed by atoms with Gasteiger partial charge in [0.05, 0.1) is 24.9 Å². The predicted molar refractivity (Wildman–Crippen MR) is 96.1 cm³/mol. The van der Waals surface area contributed by atoms with Crippen LogP contribution in [0.5, 0.6) is 5.75 Å². The van der Waals surface area contributed by atoms with E-state index < -0.39 is 18.1 Å². The summed E-state index contributed by atoms with van der Waals surface area (Å²) >= 11 is 6.15. The summed E-state index contributed by atoms with van der Waals surface area (Å²) < 4.78 is 10.7. The predicted octanol–water partition coefficient (Wildman–Crippen LogP) is 3.20. The fourth-order valence-corrected chi connectivity index (χ4v) is 3.21. The number of nitrogens with zero attached hydrogens (tertiary/aromatic N) is 1. The van der Waals surface area contributed by atoms with Gasteiger partial charge in [-0.25, -0.2) is 4.79 Å². The van der Waals surface area contributed by atoms with Crippen molar-refractivity contribution >= 4 is 23.3 Å². The molecular formula is C19H20ClNO4. The molecule has 5 nitrogen and oxygen atoms in total. The molecule has 1 aliphatic rings. The highest BCUT2D eigenvalue weighted by Gasteiger charge is 2.36. The van der Waals surface area contributed by atoms with Crippen molar-refractivity contribution in [1.82, 2.24) is 0 Å². The lowest BCUT2D eigenvalue weighted by Crippen LogP contribution is -2.45. The van der Waals surface area contributed by atoms with Crippen molar-refractivity contribution in [3.63, 3.8) is 0 Å². The van der Waals surface area contributed by atoms with E-state index in [1.807, 2.05) is 35.2 Å². The van der Waals surface area contributed by atoms with Crippen LogP contribution in [0.15, 0.2) is 48.5 Å². The number of benzene rings is 2. The van der Waals surface area contributed by atoms with Crippen LogP contribution in [0.3, 0.4) is 0 Å². The van der Waals surface area contributed by atoms with Gasteiger partial charge in [-0.1, -0.05) is 41.9 Å². The van der Waals surface area contributed by atoms with Crippen molar-refractivity contribution < 1.29 is 19.4 Å². The van der Waals surface area contributed by atoms with Gasteiger partial charge in [0.1, 0.15) is 12.4 Å². The third-order valence-corrected chi connectivity index (χ3v) is 4.36. The first-order valence-electron chi connectivity index (χ1n) is 8.20. The Hall–Kier alpha value is -2.24. The molecule has 0 saturated carbocycles. The Bertz CT molecular complexity index is 737. The average molecular weight is 362 g/mol. The lowest BCUT2D eigenvalue weighted by molar-refractivity contribution is -0.154. The molecule has 0 amide bonds. The first kappa shape index (κ1) is 17.6. The van der Waals surface area contributed by atoms with Crippen LogP contribution in [0.1, 0.15) is 18.5 Å². The molecule has 3 rings (SSSR count). The van der Waals surface area contributed by atoms with Crippen LogP contribution in [0, 0.1) is 0 Å². The van der Waals surface area contributed by atoms with Crippen LogP contribution in [-0.4, -0.2) is 36.9 Å². The molecule has 0 spiro atoms. The second-order valence-electron chi connectivity index (χ2n) is 5.71. The molecule has 0 bridgehead atoms. The normalized spacial score (nSPS) is 15.7. The third-order valence-electron chi connectivity index (χ3n) is 4.12. The van der Waals surface area contributed by atoms with Crippen molar-refractivity contribution in [2.24, 2.45) is 0 Å². The number of hydrogen-bond acceptors (Lipinski definition) is 5. The van der Waals surface area contributed by atoms with Gasteiger partial charge in [-0.05, 0) is 30.7 Å². The largest absolute Gasteiger partial charge is 0.490 e. The highest BCUT2D eigenvalue weighted by atomic mass is 35.5. The zero-order valence-corrected chi connectivity index (χ0v) is 14.6. The number of aliphatic hydroxyl groups excluding tert-OH is 1. The average Bonchev–Trinajstić information content (AvgIpc) is 2.63. The maximum atomic E-state index is 12.2. The minimum Gasteiger partial charge on any atom is -0.490 e. The standard InChI is InChI=1S/C19H20ClNO4/c1-2-24-19(23)18(22)17(13-6-4-3-5-7-13)21-10-11-25-16-9-8-14(20)12-15(16)21/h3-9,12,17-18,22H,2,10-11H2,1H3. The van der Waals surface area contributed by atoms with Gasteiger partial charge in [-0.3, -0.25) is 0 Å². The Labute approximate surface area is 151 Å². The van der Waals surface area contributed by atoms with Crippen LogP contribution < -0.4 is 9.64 Å². The molecule has 1 heterocycles. The summed E-state index contributed by atoms with van der Waals surface area (Å²) in [5.41, 5.74) is 1.56. The molecule has 6 heteroatoms. The number of aliphatic hydroxyl groups is 1. The van der Waals surface area contributed by atoms with Crippen molar-refractivity contribution in [3.8, 4) is 5.75 Å². The van der Waals surface area contributed by atoms with Crippen molar-refractivity contribution in [2.45, 2.75) is 19.1 Å². The van der Waals surface area contributed by atoms with E-state index in [2.05, 4.69) is 0 Å². The van der Waals surface area contributed by atoms with Crippen LogP contribution in [0.4, 0.5) is 5.69 Å². The summed E-state index contributed by atoms with van der Waals surface area (Å²) in [5, 5.41) is 11.3. The summed E-state index contributed by atoms with van der Waals surface area (Å²) in [5.74, 6) is 0.0269. The summed E-state index contributed by atoms with van der Waals surface area (Å²) in [6.45, 7) is 2.89. The number of halogens is 1. The minimum absolute atomic E-state index is 0.211. The van der Waals surface area contributed by atoms with Gasteiger partial charge in [0.15, 0.2) is 6.10 Å². The first-order chi connectivity index (χ1) is 12.1. The van der Waals surface area contributed by atoms with Gasteiger partial charge < -0.3 is 19.5 Å². The Morgan fingerprint density at radius 3 is 2.80 bits per heavy atom. The lowest BCUT2D eigenvalue weighted by Gasteiger charge is -2.39. The van der Waals surface area contributed by atoms with E-state index in [0.717, 1.165) is 11.3 Å². The molecule has 1 N–H and O–H groups in total. The number of anilines is 1. The van der Waals surface area contributed by atoms with Crippen molar-refractivity contribution in [3.05, 3.63) is 59.1 Å². The summed E-state index contributed by atoms with van der Waals surface area (Å²) in [4.78, 5) is 14.2. The van der Waals surface area contributed by atoms with Gasteiger partial charge in [-0.15, -0.1) is 0 Å². The molecule has 0 saturated heterocycles. The van der Waals surface area contributed by atoms with Gasteiger partial charge in [0, 0.05) is 5.02 Å². The minimum atomic E-state index is -1.33. The fraction of sp³-hybridized carbons (Fsp3) is 0.316. The molecule has 0 aliphatic carbocycles. The smallest absolute Gasteiger partial charge is 0.337 e. The quantitative estimate of drug-likeness (QED) is 0.829. The van der Waals surface area contributed by atoms with E-state index in [9.17, 15) is 9.90 Å². The number of fused-ring (bicyclic) bond motifs is 1. The molecule has 2 aromatic carbocycles. The number of carbonyl (C=O) groups excluding carboxylic acids is 1. The summed E-state index contributed by atoms with van der Waals surface area (Å²) in [6.07, 6.45) is -1.33. The number of carbonyl (C=O) groups is 1. The Morgan fingerprint density at radius 2 is 2.08 bits per heavy atom. The van der Waals surface area contributed by atoms with Crippen molar-refractivity contribution in [1.29, 1.82) is 0 Å². The molecule has 0 aromatic heterocycles. The SMILES string of the molecule is CCOC(=O)C(O)C(c1ccccc1)N1CCOc2ccc(Cl)cc21. The second-order valence-corrected chi connectivity index (χ2v) is 6.14. The van der Waals surface area contributed by atoms with Gasteiger partial charge in [0.2, 0.25) is 0 Å². The Balaban J connectivity index is 2.04. The monoisotopic (exact) mass is 361 g/mol. The highest BCUT2D eigenvalue weighted by molar-refractivity contribution is 6.31. The lowest BCUT2D eigenvalue weighted by atomic mass is 9.98. The van der Waals surface area contributed by atoms with E-state index in [0.29, 0.717) is 23.9 Å². The van der Waals surface area contributed by atoms with Crippen LogP contribution in [0.2, 0.25) is 5.02 Å². The summed E-state index contributed by atoms with van der Waals surface area (Å²) in [7, 11) is 0. The topological polar surface area (TPSA) is 59.0 Å². The van der Waals surface area contributed by atoms with E-state index in [1.54, 1.807) is 25.1 Å². The maximum Gasteiger partial charge on any atom is 0.337 e. The second kappa shape index (κ2) is 7.76. The molecule has 2 aromatic rings. The zero-order valence-electron chi connectivity index (χ0n) is 13.9. The number of esters is 1. The molecule has 132 valence electrons. The molecule has 2 atom stereocenters. The van der Waals surface area contributed by atoms with Gasteiger partial charge in [-0.2, -0.15) is 0 Å². The summed E-state index contributed by atoms with van der Waals surface area (Å²) in [6, 6.07) is 14.1. The fourth-order valence-electron chi connectivity index (χ4n) is 3.04. The van der Waals surface area contributed by atoms with Crippen molar-refractivity contribution in [2.75, 3.05) is 24.7 Å². The van der Waals surface area contributed by atoms with Crippen LogP contribution >= 0.6 is 11.6 Å². The van der Waals surface area contributed by atoms with E-state index in [4.69, 9.17) is 21.1 Å². The van der Waals surface area contributed by atoms with Gasteiger partial charge in [0.25, 0.3) is 0 Å². The number of rotatable bonds is 5. The molecule has 0 radical (unpaired) electrons. The molecule has 25 heavy (non-hydrogen) atoms. The van der Waals surface area contributed by atoms with Crippen LogP contribution in [-0.2, 0) is 9.53 Å². The van der Waals surface area contributed by atoms with Gasteiger partial charge >= 0.3 is 5.97 Å². The maximum absolute atomic E-state index is 12.2. The molecule has 0 fully saturated rings. The third kappa shape index (κ3) is 3.72. The Kier molecular flexibility index (Phi) is 5.46. The first-order valence-corrected chi connectivity index (χ1v) is 8.58. The number of hydrogen-bond donors (Lipinski definition) is 1. The highest BCUT2D eigenvalue weighted by Crippen LogP contribution is 2.40. The zero-order chi connectivity index (χ0) is 17.8.